The summed E-state index contributed by atoms with van der Waals surface area (Å²) in [6.45, 7) is 1.50. The standard InChI is InChI=1S/C11H14N2O3S/c1-7(12)9(14)13-10(11(15)16)17-8-5-3-2-4-6-8/h2-7,10H,12H2,1H3,(H,13,14)(H,15,16)/t7-,10+/m1/s1. The van der Waals surface area contributed by atoms with E-state index >= 15 is 0 Å². The fourth-order valence-corrected chi connectivity index (χ4v) is 1.90. The van der Waals surface area contributed by atoms with E-state index in [0.717, 1.165) is 16.7 Å². The molecule has 0 saturated heterocycles. The number of hydrogen-bond donors (Lipinski definition) is 3. The monoisotopic (exact) mass is 254 g/mol. The Hall–Kier alpha value is -1.53. The summed E-state index contributed by atoms with van der Waals surface area (Å²) in [5.41, 5.74) is 5.36. The van der Waals surface area contributed by atoms with Crippen LogP contribution in [0.4, 0.5) is 0 Å². The lowest BCUT2D eigenvalue weighted by atomic mass is 10.3. The summed E-state index contributed by atoms with van der Waals surface area (Å²) in [6, 6.07) is 8.26. The summed E-state index contributed by atoms with van der Waals surface area (Å²) in [6.07, 6.45) is 0. The van der Waals surface area contributed by atoms with Crippen LogP contribution in [0.15, 0.2) is 35.2 Å². The third kappa shape index (κ3) is 4.46. The Bertz CT molecular complexity index is 395. The SMILES string of the molecule is C[C@@H](N)C(=O)N[C@@H](Sc1ccccc1)C(=O)O. The van der Waals surface area contributed by atoms with E-state index in [1.165, 1.54) is 6.92 Å². The molecule has 1 rings (SSSR count). The van der Waals surface area contributed by atoms with E-state index in [2.05, 4.69) is 5.32 Å². The molecule has 1 amide bonds. The van der Waals surface area contributed by atoms with E-state index in [9.17, 15) is 9.59 Å². The highest BCUT2D eigenvalue weighted by Crippen LogP contribution is 2.21. The van der Waals surface area contributed by atoms with Crippen LogP contribution in [0.1, 0.15) is 6.92 Å². The first kappa shape index (κ1) is 13.5. The Morgan fingerprint density at radius 2 is 1.94 bits per heavy atom. The maximum absolute atomic E-state index is 11.3. The molecule has 0 aliphatic carbocycles. The van der Waals surface area contributed by atoms with E-state index < -0.39 is 23.3 Å². The molecule has 4 N–H and O–H groups in total. The molecular formula is C11H14N2O3S. The van der Waals surface area contributed by atoms with Gasteiger partial charge in [-0.25, -0.2) is 4.79 Å². The number of carboxylic acid groups (broad SMARTS) is 1. The van der Waals surface area contributed by atoms with E-state index in [-0.39, 0.29) is 0 Å². The van der Waals surface area contributed by atoms with Gasteiger partial charge in [-0.05, 0) is 19.1 Å². The van der Waals surface area contributed by atoms with Crippen LogP contribution in [0.2, 0.25) is 0 Å². The van der Waals surface area contributed by atoms with Gasteiger partial charge in [-0.15, -0.1) is 0 Å². The van der Waals surface area contributed by atoms with Gasteiger partial charge >= 0.3 is 5.97 Å². The van der Waals surface area contributed by atoms with Crippen LogP contribution >= 0.6 is 11.8 Å². The van der Waals surface area contributed by atoms with Crippen molar-refractivity contribution in [3.05, 3.63) is 30.3 Å². The highest BCUT2D eigenvalue weighted by Gasteiger charge is 2.22. The van der Waals surface area contributed by atoms with Crippen LogP contribution in [0.3, 0.4) is 0 Å². The van der Waals surface area contributed by atoms with E-state index in [4.69, 9.17) is 10.8 Å². The molecule has 0 radical (unpaired) electrons. The van der Waals surface area contributed by atoms with Crippen molar-refractivity contribution >= 4 is 23.6 Å². The molecule has 0 bridgehead atoms. The average Bonchev–Trinajstić information content (AvgIpc) is 2.29. The quantitative estimate of drug-likeness (QED) is 0.530. The number of carbonyl (C=O) groups is 2. The van der Waals surface area contributed by atoms with Crippen molar-refractivity contribution in [3.63, 3.8) is 0 Å². The molecule has 0 heterocycles. The molecule has 2 atom stereocenters. The molecule has 0 aromatic heterocycles. The zero-order valence-corrected chi connectivity index (χ0v) is 10.1. The number of aliphatic carboxylic acids is 1. The summed E-state index contributed by atoms with van der Waals surface area (Å²) in [5, 5.41) is 10.3. The molecule has 0 unspecified atom stereocenters. The van der Waals surface area contributed by atoms with Gasteiger partial charge < -0.3 is 16.2 Å². The first-order valence-electron chi connectivity index (χ1n) is 5.01. The Morgan fingerprint density at radius 1 is 1.35 bits per heavy atom. The van der Waals surface area contributed by atoms with E-state index in [1.807, 2.05) is 6.07 Å². The van der Waals surface area contributed by atoms with Crippen molar-refractivity contribution in [1.82, 2.24) is 5.32 Å². The van der Waals surface area contributed by atoms with Crippen LogP contribution in [-0.4, -0.2) is 28.4 Å². The Balaban J connectivity index is 2.68. The number of nitrogens with two attached hydrogens (primary N) is 1. The fraction of sp³-hybridized carbons (Fsp3) is 0.273. The van der Waals surface area contributed by atoms with Gasteiger partial charge in [0.25, 0.3) is 0 Å². The van der Waals surface area contributed by atoms with Crippen LogP contribution in [0.25, 0.3) is 0 Å². The van der Waals surface area contributed by atoms with Gasteiger partial charge in [0.1, 0.15) is 0 Å². The molecule has 0 fully saturated rings. The van der Waals surface area contributed by atoms with Crippen LogP contribution in [-0.2, 0) is 9.59 Å². The van der Waals surface area contributed by atoms with E-state index in [1.54, 1.807) is 24.3 Å². The number of benzene rings is 1. The molecule has 0 spiro atoms. The van der Waals surface area contributed by atoms with Gasteiger partial charge in [0, 0.05) is 4.90 Å². The third-order valence-corrected chi connectivity index (χ3v) is 3.01. The average molecular weight is 254 g/mol. The van der Waals surface area contributed by atoms with Gasteiger partial charge in [-0.1, -0.05) is 30.0 Å². The molecule has 0 aliphatic rings. The lowest BCUT2D eigenvalue weighted by Gasteiger charge is -2.15. The molecular weight excluding hydrogens is 240 g/mol. The molecule has 0 saturated carbocycles. The minimum atomic E-state index is -1.10. The zero-order valence-electron chi connectivity index (χ0n) is 9.29. The van der Waals surface area contributed by atoms with E-state index in [0.29, 0.717) is 0 Å². The molecule has 17 heavy (non-hydrogen) atoms. The first-order valence-corrected chi connectivity index (χ1v) is 5.89. The van der Waals surface area contributed by atoms with Crippen LogP contribution in [0, 0.1) is 0 Å². The van der Waals surface area contributed by atoms with Gasteiger partial charge in [-0.2, -0.15) is 0 Å². The number of hydrogen-bond acceptors (Lipinski definition) is 4. The molecule has 6 heteroatoms. The second kappa shape index (κ2) is 6.27. The lowest BCUT2D eigenvalue weighted by Crippen LogP contribution is -2.45. The normalized spacial score (nSPS) is 13.8. The smallest absolute Gasteiger partial charge is 0.337 e. The van der Waals surface area contributed by atoms with Crippen molar-refractivity contribution in [2.24, 2.45) is 5.73 Å². The second-order valence-electron chi connectivity index (χ2n) is 3.45. The molecule has 92 valence electrons. The van der Waals surface area contributed by atoms with Crippen LogP contribution in [0.5, 0.6) is 0 Å². The Labute approximate surface area is 103 Å². The predicted molar refractivity (Wildman–Crippen MR) is 65.5 cm³/mol. The van der Waals surface area contributed by atoms with Crippen molar-refractivity contribution < 1.29 is 14.7 Å². The minimum absolute atomic E-state index is 0.485. The molecule has 1 aromatic carbocycles. The Kier molecular flexibility index (Phi) is 4.99. The summed E-state index contributed by atoms with van der Waals surface area (Å²) in [7, 11) is 0. The number of nitrogens with one attached hydrogen (secondary N) is 1. The molecule has 0 aliphatic heterocycles. The zero-order chi connectivity index (χ0) is 12.8. The molecule has 1 aromatic rings. The van der Waals surface area contributed by atoms with Crippen molar-refractivity contribution in [1.29, 1.82) is 0 Å². The largest absolute Gasteiger partial charge is 0.479 e. The summed E-state index contributed by atoms with van der Waals surface area (Å²) in [4.78, 5) is 23.1. The summed E-state index contributed by atoms with van der Waals surface area (Å²) in [5.74, 6) is -1.59. The maximum Gasteiger partial charge on any atom is 0.337 e. The van der Waals surface area contributed by atoms with Crippen molar-refractivity contribution in [2.45, 2.75) is 23.2 Å². The maximum atomic E-state index is 11.3. The highest BCUT2D eigenvalue weighted by molar-refractivity contribution is 8.00. The van der Waals surface area contributed by atoms with Crippen LogP contribution < -0.4 is 11.1 Å². The van der Waals surface area contributed by atoms with Gasteiger partial charge in [-0.3, -0.25) is 4.79 Å². The van der Waals surface area contributed by atoms with Gasteiger partial charge in [0.2, 0.25) is 5.91 Å². The number of amides is 1. The number of thioether (sulfide) groups is 1. The lowest BCUT2D eigenvalue weighted by molar-refractivity contribution is -0.139. The topological polar surface area (TPSA) is 92.4 Å². The third-order valence-electron chi connectivity index (χ3n) is 1.91. The van der Waals surface area contributed by atoms with Crippen molar-refractivity contribution in [2.75, 3.05) is 0 Å². The predicted octanol–water partition coefficient (Wildman–Crippen LogP) is 0.653. The number of rotatable bonds is 5. The second-order valence-corrected chi connectivity index (χ2v) is 4.62. The Morgan fingerprint density at radius 3 is 2.41 bits per heavy atom. The van der Waals surface area contributed by atoms with Gasteiger partial charge in [0.15, 0.2) is 5.37 Å². The molecule has 5 nitrogen and oxygen atoms in total. The van der Waals surface area contributed by atoms with Crippen molar-refractivity contribution in [3.8, 4) is 0 Å². The minimum Gasteiger partial charge on any atom is -0.479 e. The highest BCUT2D eigenvalue weighted by atomic mass is 32.2. The first-order chi connectivity index (χ1) is 8.00. The number of carboxylic acids is 1. The fourth-order valence-electron chi connectivity index (χ4n) is 1.04. The summed E-state index contributed by atoms with van der Waals surface area (Å²) < 4.78 is 0. The van der Waals surface area contributed by atoms with Gasteiger partial charge in [0.05, 0.1) is 6.04 Å². The summed E-state index contributed by atoms with van der Waals surface area (Å²) >= 11 is 1.06. The number of carbonyl (C=O) groups excluding carboxylic acids is 1.